The Labute approximate surface area is 155 Å². The molecule has 0 saturated carbocycles. The Morgan fingerprint density at radius 1 is 1.24 bits per heavy atom. The van der Waals surface area contributed by atoms with E-state index in [1.165, 1.54) is 25.2 Å². The van der Waals surface area contributed by atoms with E-state index >= 15 is 0 Å². The van der Waals surface area contributed by atoms with Gasteiger partial charge >= 0.3 is 0 Å². The monoisotopic (exact) mass is 426 g/mol. The third-order valence-corrected chi connectivity index (χ3v) is 5.62. The highest BCUT2D eigenvalue weighted by Gasteiger charge is 2.16. The highest BCUT2D eigenvalue weighted by molar-refractivity contribution is 9.10. The average molecular weight is 427 g/mol. The third-order valence-electron chi connectivity index (χ3n) is 3.71. The summed E-state index contributed by atoms with van der Waals surface area (Å²) in [6.07, 6.45) is 0.0258. The summed E-state index contributed by atoms with van der Waals surface area (Å²) in [7, 11) is -2.20. The normalized spacial score (nSPS) is 12.6. The number of hydrogen-bond donors (Lipinski definition) is 3. The molecule has 0 heterocycles. The van der Waals surface area contributed by atoms with Crippen molar-refractivity contribution in [3.63, 3.8) is 0 Å². The maximum absolute atomic E-state index is 12.2. The number of carbonyl (C=O) groups is 1. The molecule has 0 fully saturated rings. The fourth-order valence-corrected chi connectivity index (χ4v) is 3.44. The van der Waals surface area contributed by atoms with Gasteiger partial charge in [-0.15, -0.1) is 0 Å². The molecule has 134 valence electrons. The van der Waals surface area contributed by atoms with E-state index in [2.05, 4.69) is 26.0 Å². The average Bonchev–Trinajstić information content (AvgIpc) is 2.57. The third kappa shape index (κ3) is 5.04. The van der Waals surface area contributed by atoms with E-state index in [0.29, 0.717) is 11.1 Å². The summed E-state index contributed by atoms with van der Waals surface area (Å²) in [5, 5.41) is 12.7. The van der Waals surface area contributed by atoms with Gasteiger partial charge in [0.2, 0.25) is 15.9 Å². The second kappa shape index (κ2) is 7.99. The van der Waals surface area contributed by atoms with Gasteiger partial charge in [0.1, 0.15) is 5.75 Å². The quantitative estimate of drug-likeness (QED) is 0.660. The van der Waals surface area contributed by atoms with Crippen LogP contribution in [0.15, 0.2) is 51.8 Å². The minimum absolute atomic E-state index is 0.0258. The predicted octanol–water partition coefficient (Wildman–Crippen LogP) is 2.48. The zero-order valence-corrected chi connectivity index (χ0v) is 16.2. The summed E-state index contributed by atoms with van der Waals surface area (Å²) in [6.45, 7) is 1.77. The molecule has 0 spiro atoms. The van der Waals surface area contributed by atoms with Crippen molar-refractivity contribution in [1.82, 2.24) is 10.0 Å². The van der Waals surface area contributed by atoms with Gasteiger partial charge in [-0.25, -0.2) is 13.1 Å². The Bertz CT molecular complexity index is 884. The minimum Gasteiger partial charge on any atom is -0.508 e. The van der Waals surface area contributed by atoms with Crippen molar-refractivity contribution >= 4 is 31.9 Å². The molecule has 0 saturated heterocycles. The Morgan fingerprint density at radius 3 is 2.60 bits per heavy atom. The molecule has 25 heavy (non-hydrogen) atoms. The number of phenolic OH excluding ortho intramolecular Hbond substituents is 1. The molecular weight excluding hydrogens is 408 g/mol. The first-order valence-electron chi connectivity index (χ1n) is 7.53. The van der Waals surface area contributed by atoms with E-state index in [1.807, 2.05) is 0 Å². The fraction of sp³-hybridized carbons (Fsp3) is 0.235. The van der Waals surface area contributed by atoms with E-state index < -0.39 is 10.0 Å². The number of hydrogen-bond acceptors (Lipinski definition) is 4. The summed E-state index contributed by atoms with van der Waals surface area (Å²) >= 11 is 3.25. The van der Waals surface area contributed by atoms with Gasteiger partial charge in [0.05, 0.1) is 17.4 Å². The van der Waals surface area contributed by atoms with Crippen LogP contribution in [0.25, 0.3) is 0 Å². The molecular formula is C17H19BrN2O4S. The van der Waals surface area contributed by atoms with Crippen LogP contribution >= 0.6 is 15.9 Å². The maximum atomic E-state index is 12.2. The van der Waals surface area contributed by atoms with Gasteiger partial charge in [-0.1, -0.05) is 34.1 Å². The predicted molar refractivity (Wildman–Crippen MR) is 98.8 cm³/mol. The molecule has 0 radical (unpaired) electrons. The van der Waals surface area contributed by atoms with Crippen LogP contribution in [0.2, 0.25) is 0 Å². The molecule has 0 aliphatic heterocycles. The largest absolute Gasteiger partial charge is 0.508 e. The van der Waals surface area contributed by atoms with Crippen LogP contribution in [0.3, 0.4) is 0 Å². The molecule has 1 amide bonds. The summed E-state index contributed by atoms with van der Waals surface area (Å²) in [4.78, 5) is 12.3. The second-order valence-electron chi connectivity index (χ2n) is 5.52. The summed E-state index contributed by atoms with van der Waals surface area (Å²) in [5.74, 6) is -0.230. The van der Waals surface area contributed by atoms with Crippen LogP contribution in [0.1, 0.15) is 24.1 Å². The van der Waals surface area contributed by atoms with Gasteiger partial charge in [-0.2, -0.15) is 0 Å². The van der Waals surface area contributed by atoms with Gasteiger partial charge < -0.3 is 10.4 Å². The Kier molecular flexibility index (Phi) is 6.21. The lowest BCUT2D eigenvalue weighted by Gasteiger charge is -2.16. The van der Waals surface area contributed by atoms with Crippen molar-refractivity contribution < 1.29 is 18.3 Å². The van der Waals surface area contributed by atoms with Crippen molar-refractivity contribution in [3.8, 4) is 5.75 Å². The number of nitrogens with one attached hydrogen (secondary N) is 2. The molecule has 0 aromatic heterocycles. The standard InChI is InChI=1S/C17H19BrN2O4S/c1-11(12-4-3-5-15(8-12)25(23,24)19-2)20-17(22)9-13-6-7-14(18)10-16(13)21/h3-8,10-11,19,21H,9H2,1-2H3,(H,20,22). The molecule has 0 bridgehead atoms. The van der Waals surface area contributed by atoms with Gasteiger partial charge in [0.15, 0.2) is 0 Å². The van der Waals surface area contributed by atoms with E-state index in [-0.39, 0.29) is 29.0 Å². The summed E-state index contributed by atoms with van der Waals surface area (Å²) in [5.41, 5.74) is 1.18. The van der Waals surface area contributed by atoms with Gasteiger partial charge in [0.25, 0.3) is 0 Å². The van der Waals surface area contributed by atoms with Gasteiger partial charge in [-0.3, -0.25) is 4.79 Å². The first-order chi connectivity index (χ1) is 11.7. The van der Waals surface area contributed by atoms with Gasteiger partial charge in [0, 0.05) is 10.0 Å². The lowest BCUT2D eigenvalue weighted by molar-refractivity contribution is -0.121. The van der Waals surface area contributed by atoms with Crippen LogP contribution in [0.4, 0.5) is 0 Å². The lowest BCUT2D eigenvalue weighted by atomic mass is 10.1. The number of benzene rings is 2. The zero-order valence-electron chi connectivity index (χ0n) is 13.8. The second-order valence-corrected chi connectivity index (χ2v) is 8.32. The highest BCUT2D eigenvalue weighted by atomic mass is 79.9. The van der Waals surface area contributed by atoms with E-state index in [0.717, 1.165) is 4.47 Å². The SMILES string of the molecule is CNS(=O)(=O)c1cccc(C(C)NC(=O)Cc2ccc(Br)cc2O)c1. The number of phenols is 1. The molecule has 6 nitrogen and oxygen atoms in total. The van der Waals surface area contributed by atoms with Crippen LogP contribution in [-0.4, -0.2) is 26.5 Å². The Hall–Kier alpha value is -1.90. The van der Waals surface area contributed by atoms with Crippen molar-refractivity contribution in [3.05, 3.63) is 58.1 Å². The minimum atomic E-state index is -3.54. The fourth-order valence-electron chi connectivity index (χ4n) is 2.30. The van der Waals surface area contributed by atoms with Crippen LogP contribution in [0, 0.1) is 0 Å². The van der Waals surface area contributed by atoms with Crippen LogP contribution in [0.5, 0.6) is 5.75 Å². The Balaban J connectivity index is 2.10. The van der Waals surface area contributed by atoms with E-state index in [9.17, 15) is 18.3 Å². The maximum Gasteiger partial charge on any atom is 0.240 e. The molecule has 1 atom stereocenters. The molecule has 1 unspecified atom stereocenters. The number of aromatic hydroxyl groups is 1. The molecule has 3 N–H and O–H groups in total. The number of halogens is 1. The van der Waals surface area contributed by atoms with Crippen LogP contribution < -0.4 is 10.0 Å². The molecule has 2 aromatic carbocycles. The summed E-state index contributed by atoms with van der Waals surface area (Å²) < 4.78 is 26.7. The molecule has 0 aliphatic carbocycles. The number of carbonyl (C=O) groups excluding carboxylic acids is 1. The number of sulfonamides is 1. The first kappa shape index (κ1) is 19.4. The lowest BCUT2D eigenvalue weighted by Crippen LogP contribution is -2.28. The van der Waals surface area contributed by atoms with Crippen molar-refractivity contribution in [2.24, 2.45) is 0 Å². The van der Waals surface area contributed by atoms with Crippen molar-refractivity contribution in [2.45, 2.75) is 24.3 Å². The number of rotatable bonds is 6. The molecule has 0 aliphatic rings. The molecule has 2 aromatic rings. The van der Waals surface area contributed by atoms with Crippen LogP contribution in [-0.2, 0) is 21.2 Å². The topological polar surface area (TPSA) is 95.5 Å². The smallest absolute Gasteiger partial charge is 0.240 e. The van der Waals surface area contributed by atoms with Gasteiger partial charge in [-0.05, 0) is 43.8 Å². The van der Waals surface area contributed by atoms with E-state index in [1.54, 1.807) is 31.2 Å². The number of amides is 1. The molecule has 2 rings (SSSR count). The highest BCUT2D eigenvalue weighted by Crippen LogP contribution is 2.23. The first-order valence-corrected chi connectivity index (χ1v) is 9.81. The molecule has 8 heteroatoms. The zero-order chi connectivity index (χ0) is 18.6. The Morgan fingerprint density at radius 2 is 1.96 bits per heavy atom. The van der Waals surface area contributed by atoms with E-state index in [4.69, 9.17) is 0 Å². The van der Waals surface area contributed by atoms with Crippen molar-refractivity contribution in [1.29, 1.82) is 0 Å². The van der Waals surface area contributed by atoms with Crippen molar-refractivity contribution in [2.75, 3.05) is 7.05 Å². The summed E-state index contributed by atoms with van der Waals surface area (Å²) in [6, 6.07) is 11.0.